The molecule has 0 saturated heterocycles. The molecule has 4 heterocycles. The highest BCUT2D eigenvalue weighted by atomic mass is 16.2. The van der Waals surface area contributed by atoms with Crippen LogP contribution in [0.15, 0.2) is 17.1 Å². The number of nitrogens with one attached hydrogen (secondary N) is 1. The van der Waals surface area contributed by atoms with Crippen LogP contribution in [0.25, 0.3) is 11.2 Å². The predicted octanol–water partition coefficient (Wildman–Crippen LogP) is 1.18. The third-order valence-electron chi connectivity index (χ3n) is 5.41. The summed E-state index contributed by atoms with van der Waals surface area (Å²) in [6.07, 6.45) is 4.64. The lowest BCUT2D eigenvalue weighted by molar-refractivity contribution is 0.0934. The highest BCUT2D eigenvalue weighted by molar-refractivity contribution is 6.04. The van der Waals surface area contributed by atoms with Crippen molar-refractivity contribution in [2.24, 2.45) is 7.05 Å². The van der Waals surface area contributed by atoms with Crippen molar-refractivity contribution in [3.8, 4) is 0 Å². The number of amides is 1. The van der Waals surface area contributed by atoms with Crippen LogP contribution in [-0.4, -0.2) is 40.8 Å². The summed E-state index contributed by atoms with van der Waals surface area (Å²) in [6, 6.07) is 1.69. The lowest BCUT2D eigenvalue weighted by Crippen LogP contribution is -2.36. The van der Waals surface area contributed by atoms with E-state index >= 15 is 0 Å². The van der Waals surface area contributed by atoms with Crippen molar-refractivity contribution in [1.82, 2.24) is 34.2 Å². The Labute approximate surface area is 162 Å². The lowest BCUT2D eigenvalue weighted by atomic mass is 10.1. The molecule has 3 aromatic heterocycles. The Morgan fingerprint density at radius 1 is 1.36 bits per heavy atom. The molecule has 0 saturated carbocycles. The minimum atomic E-state index is -0.154. The second-order valence-corrected chi connectivity index (χ2v) is 7.32. The Morgan fingerprint density at radius 2 is 2.18 bits per heavy atom. The van der Waals surface area contributed by atoms with Gasteiger partial charge in [0.2, 0.25) is 0 Å². The van der Waals surface area contributed by atoms with Gasteiger partial charge in [0, 0.05) is 38.8 Å². The van der Waals surface area contributed by atoms with E-state index in [-0.39, 0.29) is 17.6 Å². The molecule has 0 bridgehead atoms. The first-order chi connectivity index (χ1) is 13.5. The normalized spacial score (nSPS) is 16.8. The monoisotopic (exact) mass is 383 g/mol. The van der Waals surface area contributed by atoms with Crippen LogP contribution in [0.1, 0.15) is 48.2 Å². The highest BCUT2D eigenvalue weighted by Gasteiger charge is 2.23. The number of rotatable bonds is 4. The van der Waals surface area contributed by atoms with Crippen molar-refractivity contribution in [2.45, 2.75) is 58.7 Å². The second kappa shape index (κ2) is 7.21. The number of hydrogen-bond acceptors (Lipinski definition) is 5. The summed E-state index contributed by atoms with van der Waals surface area (Å²) in [4.78, 5) is 34.2. The smallest absolute Gasteiger partial charge is 0.345 e. The van der Waals surface area contributed by atoms with Crippen LogP contribution in [0.5, 0.6) is 0 Å². The average molecular weight is 383 g/mol. The van der Waals surface area contributed by atoms with Crippen LogP contribution in [0.4, 0.5) is 0 Å². The van der Waals surface area contributed by atoms with Crippen molar-refractivity contribution in [1.29, 1.82) is 0 Å². The molecule has 0 radical (unpaired) electrons. The van der Waals surface area contributed by atoms with Crippen LogP contribution in [0.2, 0.25) is 0 Å². The molecule has 1 N–H and O–H groups in total. The number of hydrogen-bond donors (Lipinski definition) is 1. The zero-order chi connectivity index (χ0) is 19.8. The molecule has 0 spiro atoms. The maximum atomic E-state index is 12.9. The SMILES string of the molecule is CCCn1nc2n(c1=O)CCC(NC(=O)c1ccnc3c1nc(C)n3C)CC2. The molecule has 9 heteroatoms. The second-order valence-electron chi connectivity index (χ2n) is 7.32. The zero-order valence-electron chi connectivity index (χ0n) is 16.5. The van der Waals surface area contributed by atoms with Crippen LogP contribution in [0, 0.1) is 6.92 Å². The van der Waals surface area contributed by atoms with Crippen molar-refractivity contribution in [3.05, 3.63) is 40.0 Å². The summed E-state index contributed by atoms with van der Waals surface area (Å²) in [5.74, 6) is 1.46. The van der Waals surface area contributed by atoms with E-state index in [9.17, 15) is 9.59 Å². The van der Waals surface area contributed by atoms with Crippen LogP contribution in [0.3, 0.4) is 0 Å². The molecule has 0 aromatic carbocycles. The third kappa shape index (κ3) is 3.10. The van der Waals surface area contributed by atoms with Crippen molar-refractivity contribution in [3.63, 3.8) is 0 Å². The van der Waals surface area contributed by atoms with Gasteiger partial charge in [0.05, 0.1) is 5.56 Å². The van der Waals surface area contributed by atoms with E-state index in [1.54, 1.807) is 21.5 Å². The van der Waals surface area contributed by atoms with Gasteiger partial charge in [-0.15, -0.1) is 0 Å². The fourth-order valence-corrected chi connectivity index (χ4v) is 3.76. The van der Waals surface area contributed by atoms with Gasteiger partial charge in [0.25, 0.3) is 5.91 Å². The van der Waals surface area contributed by atoms with Crippen molar-refractivity contribution >= 4 is 17.1 Å². The zero-order valence-corrected chi connectivity index (χ0v) is 16.5. The van der Waals surface area contributed by atoms with Gasteiger partial charge in [0.15, 0.2) is 5.65 Å². The number of fused-ring (bicyclic) bond motifs is 2. The highest BCUT2D eigenvalue weighted by Crippen LogP contribution is 2.18. The third-order valence-corrected chi connectivity index (χ3v) is 5.41. The van der Waals surface area contributed by atoms with E-state index in [1.807, 2.05) is 25.5 Å². The molecule has 0 aliphatic carbocycles. The van der Waals surface area contributed by atoms with Crippen molar-refractivity contribution in [2.75, 3.05) is 0 Å². The number of aromatic nitrogens is 6. The van der Waals surface area contributed by atoms with E-state index in [0.29, 0.717) is 42.7 Å². The first-order valence-corrected chi connectivity index (χ1v) is 9.75. The molecule has 148 valence electrons. The molecule has 3 aromatic rings. The summed E-state index contributed by atoms with van der Waals surface area (Å²) < 4.78 is 5.16. The number of carbonyl (C=O) groups excluding carboxylic acids is 1. The van der Waals surface area contributed by atoms with E-state index in [1.165, 1.54) is 0 Å². The van der Waals surface area contributed by atoms with Gasteiger partial charge in [-0.3, -0.25) is 9.36 Å². The molecule has 1 aliphatic heterocycles. The molecule has 1 unspecified atom stereocenters. The number of pyridine rings is 1. The topological polar surface area (TPSA) is 99.6 Å². The van der Waals surface area contributed by atoms with E-state index < -0.39 is 0 Å². The minimum absolute atomic E-state index is 0.0127. The maximum absolute atomic E-state index is 12.9. The summed E-state index contributed by atoms with van der Waals surface area (Å²) in [7, 11) is 1.89. The Hall–Kier alpha value is -2.97. The maximum Gasteiger partial charge on any atom is 0.345 e. The van der Waals surface area contributed by atoms with E-state index in [0.717, 1.165) is 24.5 Å². The van der Waals surface area contributed by atoms with E-state index in [4.69, 9.17) is 0 Å². The summed E-state index contributed by atoms with van der Waals surface area (Å²) in [6.45, 7) is 5.13. The molecule has 9 nitrogen and oxygen atoms in total. The Bertz CT molecular complexity index is 1090. The minimum Gasteiger partial charge on any atom is -0.349 e. The lowest BCUT2D eigenvalue weighted by Gasteiger charge is -2.16. The Kier molecular flexibility index (Phi) is 4.74. The fraction of sp³-hybridized carbons (Fsp3) is 0.526. The first-order valence-electron chi connectivity index (χ1n) is 9.75. The Morgan fingerprint density at radius 3 is 2.96 bits per heavy atom. The number of carbonyl (C=O) groups is 1. The molecule has 0 fully saturated rings. The Balaban J connectivity index is 1.51. The molecule has 4 rings (SSSR count). The van der Waals surface area contributed by atoms with Gasteiger partial charge in [-0.25, -0.2) is 19.4 Å². The number of imidazole rings is 1. The molecule has 1 atom stereocenters. The van der Waals surface area contributed by atoms with Gasteiger partial charge in [0.1, 0.15) is 17.2 Å². The van der Waals surface area contributed by atoms with Gasteiger partial charge in [-0.2, -0.15) is 5.10 Å². The first kappa shape index (κ1) is 18.4. The van der Waals surface area contributed by atoms with Gasteiger partial charge < -0.3 is 9.88 Å². The predicted molar refractivity (Wildman–Crippen MR) is 104 cm³/mol. The van der Waals surface area contributed by atoms with Crippen LogP contribution >= 0.6 is 0 Å². The van der Waals surface area contributed by atoms with Gasteiger partial charge in [-0.1, -0.05) is 6.92 Å². The summed E-state index contributed by atoms with van der Waals surface area (Å²) >= 11 is 0. The number of nitrogens with zero attached hydrogens (tertiary/aromatic N) is 6. The summed E-state index contributed by atoms with van der Waals surface area (Å²) in [5.41, 5.74) is 1.79. The molecule has 1 aliphatic rings. The number of aryl methyl sites for hydroxylation is 4. The van der Waals surface area contributed by atoms with Crippen molar-refractivity contribution < 1.29 is 4.79 Å². The van der Waals surface area contributed by atoms with E-state index in [2.05, 4.69) is 20.4 Å². The molecule has 1 amide bonds. The molecule has 28 heavy (non-hydrogen) atoms. The standard InChI is InChI=1S/C19H25N7O2/c1-4-10-26-19(28)25-11-8-13(5-6-15(25)23-26)22-18(27)14-7-9-20-17-16(14)21-12(2)24(17)3/h7,9,13H,4-6,8,10-11H2,1-3H3,(H,22,27). The largest absolute Gasteiger partial charge is 0.349 e. The molecular weight excluding hydrogens is 358 g/mol. The quantitative estimate of drug-likeness (QED) is 0.729. The van der Waals surface area contributed by atoms with Crippen LogP contribution in [-0.2, 0) is 26.6 Å². The average Bonchev–Trinajstić information content (AvgIpc) is 3.04. The summed E-state index contributed by atoms with van der Waals surface area (Å²) in [5, 5.41) is 7.57. The molecular formula is C19H25N7O2. The van der Waals surface area contributed by atoms with Gasteiger partial charge >= 0.3 is 5.69 Å². The van der Waals surface area contributed by atoms with Crippen LogP contribution < -0.4 is 11.0 Å². The van der Waals surface area contributed by atoms with Gasteiger partial charge in [-0.05, 0) is 32.3 Å². The fourth-order valence-electron chi connectivity index (χ4n) is 3.76.